The molecule has 1 aromatic rings. The first-order valence-corrected chi connectivity index (χ1v) is 10.6. The number of sulfone groups is 1. The van der Waals surface area contributed by atoms with E-state index in [4.69, 9.17) is 4.74 Å². The number of rotatable bonds is 5. The van der Waals surface area contributed by atoms with Gasteiger partial charge in [0.2, 0.25) is 0 Å². The van der Waals surface area contributed by atoms with Gasteiger partial charge >= 0.3 is 0 Å². The first kappa shape index (κ1) is 22.6. The number of guanidine groups is 1. The molecule has 2 rings (SSSR count). The van der Waals surface area contributed by atoms with Gasteiger partial charge in [-0.25, -0.2) is 13.4 Å². The molecule has 0 atom stereocenters. The average molecular weight is 502 g/mol. The zero-order valence-electron chi connectivity index (χ0n) is 15.1. The Hall–Kier alpha value is -0.460. The molecule has 0 amide bonds. The summed E-state index contributed by atoms with van der Waals surface area (Å²) in [5, 5.41) is 7.44. The Morgan fingerprint density at radius 1 is 1.32 bits per heavy atom. The van der Waals surface area contributed by atoms with Crippen LogP contribution in [0, 0.1) is 13.8 Å². The summed E-state index contributed by atoms with van der Waals surface area (Å²) in [6, 6.07) is 0. The third-order valence-corrected chi connectivity index (χ3v) is 7.61. The number of aliphatic imine (C=N–C) groups is 1. The van der Waals surface area contributed by atoms with Gasteiger partial charge in [-0.2, -0.15) is 0 Å². The summed E-state index contributed by atoms with van der Waals surface area (Å²) in [5.41, 5.74) is 1.01. The standard InChI is InChI=1S/C15H26N4O3S2.HI/c1-11-13(23-12(2)19-11)9-17-14(16-3)18-10-15(24(4,20)21)5-7-22-8-6-15;/h5-10H2,1-4H3,(H2,16,17,18);1H. The summed E-state index contributed by atoms with van der Waals surface area (Å²) in [7, 11) is -1.52. The third-order valence-electron chi connectivity index (χ3n) is 4.41. The van der Waals surface area contributed by atoms with E-state index in [0.717, 1.165) is 15.6 Å². The van der Waals surface area contributed by atoms with E-state index < -0.39 is 14.6 Å². The van der Waals surface area contributed by atoms with Crippen molar-refractivity contribution < 1.29 is 13.2 Å². The minimum atomic E-state index is -3.20. The lowest BCUT2D eigenvalue weighted by Gasteiger charge is -2.35. The lowest BCUT2D eigenvalue weighted by atomic mass is 9.99. The van der Waals surface area contributed by atoms with E-state index in [0.29, 0.717) is 45.1 Å². The zero-order chi connectivity index (χ0) is 17.8. The molecule has 0 aromatic carbocycles. The molecule has 25 heavy (non-hydrogen) atoms. The van der Waals surface area contributed by atoms with Gasteiger partial charge in [0, 0.05) is 37.9 Å². The van der Waals surface area contributed by atoms with Gasteiger partial charge < -0.3 is 15.4 Å². The second-order valence-corrected chi connectivity index (χ2v) is 9.79. The zero-order valence-corrected chi connectivity index (χ0v) is 19.0. The van der Waals surface area contributed by atoms with Crippen molar-refractivity contribution >= 4 is 51.1 Å². The highest BCUT2D eigenvalue weighted by Gasteiger charge is 2.42. The largest absolute Gasteiger partial charge is 0.381 e. The van der Waals surface area contributed by atoms with Crippen LogP contribution in [0.2, 0.25) is 0 Å². The van der Waals surface area contributed by atoms with E-state index >= 15 is 0 Å². The molecule has 0 spiro atoms. The summed E-state index contributed by atoms with van der Waals surface area (Å²) in [6.07, 6.45) is 2.31. The molecule has 1 aliphatic rings. The summed E-state index contributed by atoms with van der Waals surface area (Å²) >= 11 is 1.65. The van der Waals surface area contributed by atoms with Crippen molar-refractivity contribution in [2.45, 2.75) is 38.0 Å². The molecule has 0 saturated carbocycles. The maximum Gasteiger partial charge on any atom is 0.191 e. The molecular formula is C15H27IN4O3S2. The fraction of sp³-hybridized carbons (Fsp3) is 0.733. The molecule has 0 unspecified atom stereocenters. The van der Waals surface area contributed by atoms with Gasteiger partial charge in [-0.05, 0) is 26.7 Å². The molecule has 2 N–H and O–H groups in total. The monoisotopic (exact) mass is 502 g/mol. The van der Waals surface area contributed by atoms with Crippen molar-refractivity contribution in [1.29, 1.82) is 0 Å². The summed E-state index contributed by atoms with van der Waals surface area (Å²) in [6.45, 7) is 5.86. The van der Waals surface area contributed by atoms with E-state index in [9.17, 15) is 8.42 Å². The van der Waals surface area contributed by atoms with Crippen LogP contribution >= 0.6 is 35.3 Å². The van der Waals surface area contributed by atoms with Crippen LogP contribution in [-0.2, 0) is 21.1 Å². The molecule has 1 saturated heterocycles. The Morgan fingerprint density at radius 3 is 2.44 bits per heavy atom. The minimum Gasteiger partial charge on any atom is -0.381 e. The van der Waals surface area contributed by atoms with E-state index in [1.807, 2.05) is 13.8 Å². The van der Waals surface area contributed by atoms with Crippen molar-refractivity contribution in [3.05, 3.63) is 15.6 Å². The smallest absolute Gasteiger partial charge is 0.191 e. The third kappa shape index (κ3) is 5.76. The number of hydrogen-bond donors (Lipinski definition) is 2. The minimum absolute atomic E-state index is 0. The van der Waals surface area contributed by atoms with Crippen LogP contribution < -0.4 is 10.6 Å². The predicted octanol–water partition coefficient (Wildman–Crippen LogP) is 1.64. The lowest BCUT2D eigenvalue weighted by molar-refractivity contribution is 0.0756. The molecule has 1 aliphatic heterocycles. The van der Waals surface area contributed by atoms with Gasteiger partial charge in [0.15, 0.2) is 15.8 Å². The maximum absolute atomic E-state index is 12.3. The summed E-state index contributed by atoms with van der Waals surface area (Å²) in [4.78, 5) is 9.74. The van der Waals surface area contributed by atoms with Gasteiger partial charge in [0.05, 0.1) is 22.0 Å². The average Bonchev–Trinajstić information content (AvgIpc) is 2.85. The number of nitrogens with one attached hydrogen (secondary N) is 2. The Labute approximate surface area is 171 Å². The van der Waals surface area contributed by atoms with Gasteiger partial charge in [0.1, 0.15) is 0 Å². The molecule has 10 heteroatoms. The quantitative estimate of drug-likeness (QED) is 0.362. The normalized spacial score (nSPS) is 17.7. The van der Waals surface area contributed by atoms with Crippen molar-refractivity contribution in [3.63, 3.8) is 0 Å². The first-order chi connectivity index (χ1) is 11.3. The van der Waals surface area contributed by atoms with Crippen LogP contribution in [-0.4, -0.2) is 57.2 Å². The molecule has 2 heterocycles. The van der Waals surface area contributed by atoms with Gasteiger partial charge in [0.25, 0.3) is 0 Å². The van der Waals surface area contributed by atoms with Crippen molar-refractivity contribution in [1.82, 2.24) is 15.6 Å². The number of nitrogens with zero attached hydrogens (tertiary/aromatic N) is 2. The highest BCUT2D eigenvalue weighted by Crippen LogP contribution is 2.28. The van der Waals surface area contributed by atoms with Crippen molar-refractivity contribution in [2.24, 2.45) is 4.99 Å². The molecule has 0 aliphatic carbocycles. The fourth-order valence-corrected chi connectivity index (χ4v) is 4.91. The molecule has 144 valence electrons. The number of thiazole rings is 1. The summed E-state index contributed by atoms with van der Waals surface area (Å²) < 4.78 is 29.1. The van der Waals surface area contributed by atoms with Crippen LogP contribution in [0.15, 0.2) is 4.99 Å². The van der Waals surface area contributed by atoms with Crippen LogP contribution in [0.3, 0.4) is 0 Å². The first-order valence-electron chi connectivity index (χ1n) is 7.92. The Kier molecular flexibility index (Phi) is 8.55. The number of hydrogen-bond acceptors (Lipinski definition) is 6. The Balaban J connectivity index is 0.00000312. The number of aryl methyl sites for hydroxylation is 2. The topological polar surface area (TPSA) is 92.7 Å². The van der Waals surface area contributed by atoms with E-state index in [2.05, 4.69) is 20.6 Å². The van der Waals surface area contributed by atoms with E-state index in [1.54, 1.807) is 18.4 Å². The predicted molar refractivity (Wildman–Crippen MR) is 113 cm³/mol. The number of aromatic nitrogens is 1. The van der Waals surface area contributed by atoms with Gasteiger partial charge in [-0.15, -0.1) is 35.3 Å². The second kappa shape index (κ2) is 9.47. The molecular weight excluding hydrogens is 475 g/mol. The molecule has 7 nitrogen and oxygen atoms in total. The second-order valence-electron chi connectivity index (χ2n) is 6.09. The van der Waals surface area contributed by atoms with Crippen LogP contribution in [0.25, 0.3) is 0 Å². The highest BCUT2D eigenvalue weighted by molar-refractivity contribution is 14.0. The van der Waals surface area contributed by atoms with Crippen LogP contribution in [0.1, 0.15) is 28.4 Å². The Morgan fingerprint density at radius 2 is 1.96 bits per heavy atom. The van der Waals surface area contributed by atoms with Gasteiger partial charge in [-0.1, -0.05) is 0 Å². The number of halogens is 1. The summed E-state index contributed by atoms with van der Waals surface area (Å²) in [5.74, 6) is 0.593. The molecule has 0 radical (unpaired) electrons. The van der Waals surface area contributed by atoms with E-state index in [-0.39, 0.29) is 24.0 Å². The fourth-order valence-electron chi connectivity index (χ4n) is 2.79. The van der Waals surface area contributed by atoms with Gasteiger partial charge in [-0.3, -0.25) is 4.99 Å². The molecule has 1 fully saturated rings. The Bertz CT molecular complexity index is 698. The number of ether oxygens (including phenoxy) is 1. The molecule has 0 bridgehead atoms. The lowest BCUT2D eigenvalue weighted by Crippen LogP contribution is -2.53. The SMILES string of the molecule is CN=C(NCc1sc(C)nc1C)NCC1(S(C)(=O)=O)CCOCC1.I. The highest BCUT2D eigenvalue weighted by atomic mass is 127. The van der Waals surface area contributed by atoms with Crippen molar-refractivity contribution in [2.75, 3.05) is 33.1 Å². The maximum atomic E-state index is 12.3. The van der Waals surface area contributed by atoms with Crippen LogP contribution in [0.4, 0.5) is 0 Å². The van der Waals surface area contributed by atoms with E-state index in [1.165, 1.54) is 6.26 Å². The molecule has 1 aromatic heterocycles. The van der Waals surface area contributed by atoms with Crippen molar-refractivity contribution in [3.8, 4) is 0 Å². The van der Waals surface area contributed by atoms with Crippen LogP contribution in [0.5, 0.6) is 0 Å².